The number of sulfonamides is 1. The summed E-state index contributed by atoms with van der Waals surface area (Å²) < 4.78 is 71.5. The van der Waals surface area contributed by atoms with Crippen LogP contribution in [0.3, 0.4) is 0 Å². The molecule has 2 N–H and O–H groups in total. The van der Waals surface area contributed by atoms with Gasteiger partial charge in [0.1, 0.15) is 5.75 Å². The zero-order chi connectivity index (χ0) is 24.1. The fraction of sp³-hybridized carbons (Fsp3) is 0.174. The number of carbonyl (C=O) groups is 1. The Balaban J connectivity index is 1.68. The van der Waals surface area contributed by atoms with E-state index < -0.39 is 33.8 Å². The van der Waals surface area contributed by atoms with E-state index in [0.29, 0.717) is 23.9 Å². The van der Waals surface area contributed by atoms with Crippen molar-refractivity contribution in [3.8, 4) is 5.75 Å². The number of amides is 1. The van der Waals surface area contributed by atoms with Gasteiger partial charge in [0, 0.05) is 11.4 Å². The van der Waals surface area contributed by atoms with Crippen LogP contribution in [0.5, 0.6) is 5.75 Å². The van der Waals surface area contributed by atoms with E-state index in [1.807, 2.05) is 6.07 Å². The molecular weight excluding hydrogens is 457 g/mol. The summed E-state index contributed by atoms with van der Waals surface area (Å²) in [6.45, 7) is 1.79. The molecule has 0 unspecified atom stereocenters. The van der Waals surface area contributed by atoms with Crippen LogP contribution in [0.4, 0.5) is 24.5 Å². The molecule has 0 aliphatic rings. The van der Waals surface area contributed by atoms with E-state index in [0.717, 1.165) is 12.1 Å². The molecule has 10 heteroatoms. The number of hydrogen-bond donors (Lipinski definition) is 2. The number of nitrogens with one attached hydrogen (secondary N) is 2. The molecule has 1 amide bonds. The smallest absolute Gasteiger partial charge is 0.416 e. The summed E-state index contributed by atoms with van der Waals surface area (Å²) in [4.78, 5) is 12.3. The fourth-order valence-corrected chi connectivity index (χ4v) is 3.95. The fourth-order valence-electron chi connectivity index (χ4n) is 2.90. The van der Waals surface area contributed by atoms with Crippen molar-refractivity contribution in [2.75, 3.05) is 10.0 Å². The summed E-state index contributed by atoms with van der Waals surface area (Å²) in [7, 11) is -4.14. The molecule has 0 heterocycles. The maximum absolute atomic E-state index is 12.9. The second kappa shape index (κ2) is 9.95. The third-order valence-corrected chi connectivity index (χ3v) is 5.96. The van der Waals surface area contributed by atoms with Crippen molar-refractivity contribution in [1.82, 2.24) is 0 Å². The SMILES string of the molecule is CC[C@@H](Oc1ccccc1)C(=O)Nc1ccc(S(=O)(=O)Nc2cccc(C(F)(F)F)c2)cc1. The van der Waals surface area contributed by atoms with Gasteiger partial charge in [0.15, 0.2) is 6.10 Å². The van der Waals surface area contributed by atoms with Gasteiger partial charge in [-0.1, -0.05) is 31.2 Å². The monoisotopic (exact) mass is 478 g/mol. The van der Waals surface area contributed by atoms with Gasteiger partial charge in [0.2, 0.25) is 0 Å². The number of benzene rings is 3. The number of carbonyl (C=O) groups excluding carboxylic acids is 1. The van der Waals surface area contributed by atoms with E-state index in [9.17, 15) is 26.4 Å². The number of halogens is 3. The second-order valence-corrected chi connectivity index (χ2v) is 8.71. The van der Waals surface area contributed by atoms with Gasteiger partial charge in [-0.25, -0.2) is 8.42 Å². The van der Waals surface area contributed by atoms with E-state index >= 15 is 0 Å². The topological polar surface area (TPSA) is 84.5 Å². The Kier molecular flexibility index (Phi) is 7.27. The van der Waals surface area contributed by atoms with E-state index in [1.54, 1.807) is 31.2 Å². The third-order valence-electron chi connectivity index (χ3n) is 4.56. The number of hydrogen-bond acceptors (Lipinski definition) is 4. The van der Waals surface area contributed by atoms with Crippen molar-refractivity contribution in [3.63, 3.8) is 0 Å². The summed E-state index contributed by atoms with van der Waals surface area (Å²) in [6, 6.07) is 18.0. The van der Waals surface area contributed by atoms with Crippen LogP contribution in [0.25, 0.3) is 0 Å². The number of rotatable bonds is 8. The van der Waals surface area contributed by atoms with Gasteiger partial charge in [-0.3, -0.25) is 9.52 Å². The lowest BCUT2D eigenvalue weighted by atomic mass is 10.2. The Morgan fingerprint density at radius 2 is 1.61 bits per heavy atom. The Hall–Kier alpha value is -3.53. The van der Waals surface area contributed by atoms with Crippen molar-refractivity contribution in [2.45, 2.75) is 30.5 Å². The highest BCUT2D eigenvalue weighted by molar-refractivity contribution is 7.92. The molecular formula is C23H21F3N2O4S. The van der Waals surface area contributed by atoms with Crippen molar-refractivity contribution in [3.05, 3.63) is 84.4 Å². The third kappa shape index (κ3) is 6.48. The first-order valence-electron chi connectivity index (χ1n) is 9.91. The maximum Gasteiger partial charge on any atom is 0.416 e. The first kappa shape index (κ1) is 24.1. The molecule has 6 nitrogen and oxygen atoms in total. The van der Waals surface area contributed by atoms with E-state index in [1.165, 1.54) is 30.3 Å². The van der Waals surface area contributed by atoms with Crippen LogP contribution in [0, 0.1) is 0 Å². The molecule has 0 aliphatic heterocycles. The average Bonchev–Trinajstić information content (AvgIpc) is 2.78. The molecule has 0 radical (unpaired) electrons. The molecule has 174 valence electrons. The minimum Gasteiger partial charge on any atom is -0.481 e. The number of anilines is 2. The van der Waals surface area contributed by atoms with Crippen LogP contribution >= 0.6 is 0 Å². The molecule has 3 aromatic rings. The van der Waals surface area contributed by atoms with Gasteiger partial charge in [-0.2, -0.15) is 13.2 Å². The Morgan fingerprint density at radius 1 is 0.939 bits per heavy atom. The molecule has 0 bridgehead atoms. The van der Waals surface area contributed by atoms with Gasteiger partial charge in [0.05, 0.1) is 10.5 Å². The first-order chi connectivity index (χ1) is 15.6. The van der Waals surface area contributed by atoms with E-state index in [4.69, 9.17) is 4.74 Å². The van der Waals surface area contributed by atoms with Crippen LogP contribution in [-0.4, -0.2) is 20.4 Å². The standard InChI is InChI=1S/C23H21F3N2O4S/c1-2-21(32-19-9-4-3-5-10-19)22(29)27-17-11-13-20(14-12-17)33(30,31)28-18-8-6-7-16(15-18)23(24,25)26/h3-15,21,28H,2H2,1H3,(H,27,29)/t21-/m1/s1. The van der Waals surface area contributed by atoms with Crippen LogP contribution in [0.1, 0.15) is 18.9 Å². The predicted octanol–water partition coefficient (Wildman–Crippen LogP) is 5.30. The molecule has 0 spiro atoms. The zero-order valence-corrected chi connectivity index (χ0v) is 18.3. The highest BCUT2D eigenvalue weighted by atomic mass is 32.2. The van der Waals surface area contributed by atoms with Gasteiger partial charge >= 0.3 is 6.18 Å². The molecule has 0 fully saturated rings. The van der Waals surface area contributed by atoms with Gasteiger partial charge in [0.25, 0.3) is 15.9 Å². The number of para-hydroxylation sites is 1. The minimum atomic E-state index is -4.60. The second-order valence-electron chi connectivity index (χ2n) is 7.03. The van der Waals surface area contributed by atoms with Crippen molar-refractivity contribution in [1.29, 1.82) is 0 Å². The van der Waals surface area contributed by atoms with Crippen molar-refractivity contribution < 1.29 is 31.1 Å². The first-order valence-corrected chi connectivity index (χ1v) is 11.4. The largest absolute Gasteiger partial charge is 0.481 e. The summed E-state index contributed by atoms with van der Waals surface area (Å²) in [5, 5.41) is 2.66. The highest BCUT2D eigenvalue weighted by Crippen LogP contribution is 2.31. The summed E-state index contributed by atoms with van der Waals surface area (Å²) >= 11 is 0. The quantitative estimate of drug-likeness (QED) is 0.460. The van der Waals surface area contributed by atoms with Crippen LogP contribution in [0.15, 0.2) is 83.8 Å². The van der Waals surface area contributed by atoms with Gasteiger partial charge in [-0.15, -0.1) is 0 Å². The lowest BCUT2D eigenvalue weighted by Gasteiger charge is -2.17. The normalized spacial score (nSPS) is 12.6. The summed E-state index contributed by atoms with van der Waals surface area (Å²) in [6.07, 6.45) is -4.94. The molecule has 3 rings (SSSR count). The van der Waals surface area contributed by atoms with Crippen LogP contribution in [0.2, 0.25) is 0 Å². The lowest BCUT2D eigenvalue weighted by molar-refractivity contribution is -0.137. The van der Waals surface area contributed by atoms with E-state index in [2.05, 4.69) is 10.0 Å². The van der Waals surface area contributed by atoms with Crippen LogP contribution < -0.4 is 14.8 Å². The molecule has 0 saturated heterocycles. The number of ether oxygens (including phenoxy) is 1. The molecule has 33 heavy (non-hydrogen) atoms. The van der Waals surface area contributed by atoms with Crippen molar-refractivity contribution in [2.24, 2.45) is 0 Å². The Labute approximate surface area is 189 Å². The summed E-state index contributed by atoms with van der Waals surface area (Å²) in [5.74, 6) is 0.139. The molecule has 0 saturated carbocycles. The zero-order valence-electron chi connectivity index (χ0n) is 17.5. The lowest BCUT2D eigenvalue weighted by Crippen LogP contribution is -2.32. The molecule has 0 aromatic heterocycles. The number of alkyl halides is 3. The molecule has 1 atom stereocenters. The minimum absolute atomic E-state index is 0.175. The van der Waals surface area contributed by atoms with E-state index in [-0.39, 0.29) is 10.6 Å². The van der Waals surface area contributed by atoms with Crippen molar-refractivity contribution >= 4 is 27.3 Å². The average molecular weight is 478 g/mol. The maximum atomic E-state index is 12.9. The predicted molar refractivity (Wildman–Crippen MR) is 118 cm³/mol. The van der Waals surface area contributed by atoms with Gasteiger partial charge in [-0.05, 0) is 61.0 Å². The Morgan fingerprint density at radius 3 is 2.21 bits per heavy atom. The molecule has 0 aliphatic carbocycles. The Bertz CT molecular complexity index is 1200. The van der Waals surface area contributed by atoms with Crippen LogP contribution in [-0.2, 0) is 21.0 Å². The summed E-state index contributed by atoms with van der Waals surface area (Å²) in [5.41, 5.74) is -0.844. The molecule has 3 aromatic carbocycles. The van der Waals surface area contributed by atoms with Gasteiger partial charge < -0.3 is 10.1 Å². The highest BCUT2D eigenvalue weighted by Gasteiger charge is 2.30.